The second kappa shape index (κ2) is 8.64. The SMILES string of the molecule is CC(C)(C)c1ccc(C(O)CNC(=O)C2COCCN2)cc1.Cl. The third-order valence-electron chi connectivity index (χ3n) is 3.87. The van der Waals surface area contributed by atoms with Gasteiger partial charge in [0.25, 0.3) is 0 Å². The van der Waals surface area contributed by atoms with Gasteiger partial charge in [-0.3, -0.25) is 4.79 Å². The van der Waals surface area contributed by atoms with Gasteiger partial charge in [0.05, 0.1) is 19.3 Å². The number of morpholine rings is 1. The third-order valence-corrected chi connectivity index (χ3v) is 3.87. The lowest BCUT2D eigenvalue weighted by Gasteiger charge is -2.24. The van der Waals surface area contributed by atoms with Crippen LogP contribution in [0.2, 0.25) is 0 Å². The second-order valence-corrected chi connectivity index (χ2v) is 6.71. The Balaban J connectivity index is 0.00000264. The standard InChI is InChI=1S/C17H26N2O3.ClH/c1-17(2,3)13-6-4-12(5-7-13)15(20)10-19-16(21)14-11-22-9-8-18-14;/h4-7,14-15,18,20H,8-11H2,1-3H3,(H,19,21);1H. The minimum atomic E-state index is -0.706. The first-order valence-electron chi connectivity index (χ1n) is 7.75. The minimum Gasteiger partial charge on any atom is -0.387 e. The van der Waals surface area contributed by atoms with Gasteiger partial charge in [-0.1, -0.05) is 45.0 Å². The molecule has 6 heteroatoms. The molecule has 2 unspecified atom stereocenters. The van der Waals surface area contributed by atoms with Crippen molar-refractivity contribution in [3.05, 3.63) is 35.4 Å². The lowest BCUT2D eigenvalue weighted by molar-refractivity contribution is -0.126. The molecule has 2 rings (SSSR count). The maximum Gasteiger partial charge on any atom is 0.239 e. The Bertz CT molecular complexity index is 494. The van der Waals surface area contributed by atoms with E-state index in [4.69, 9.17) is 4.74 Å². The van der Waals surface area contributed by atoms with Gasteiger partial charge in [-0.05, 0) is 16.5 Å². The van der Waals surface area contributed by atoms with Crippen LogP contribution in [0.5, 0.6) is 0 Å². The monoisotopic (exact) mass is 342 g/mol. The molecule has 1 aromatic carbocycles. The van der Waals surface area contributed by atoms with E-state index in [1.54, 1.807) is 0 Å². The summed E-state index contributed by atoms with van der Waals surface area (Å²) in [4.78, 5) is 12.0. The van der Waals surface area contributed by atoms with Crippen LogP contribution in [0.3, 0.4) is 0 Å². The zero-order valence-electron chi connectivity index (χ0n) is 14.0. The number of carbonyl (C=O) groups is 1. The number of rotatable bonds is 4. The molecule has 1 aliphatic rings. The highest BCUT2D eigenvalue weighted by Crippen LogP contribution is 2.23. The number of amides is 1. The largest absolute Gasteiger partial charge is 0.387 e. The summed E-state index contributed by atoms with van der Waals surface area (Å²) in [6, 6.07) is 7.55. The number of hydrogen-bond donors (Lipinski definition) is 3. The van der Waals surface area contributed by atoms with Crippen LogP contribution in [0, 0.1) is 0 Å². The Hall–Kier alpha value is -1.14. The highest BCUT2D eigenvalue weighted by molar-refractivity contribution is 5.85. The number of ether oxygens (including phenoxy) is 1. The van der Waals surface area contributed by atoms with Gasteiger partial charge in [-0.2, -0.15) is 0 Å². The molecular weight excluding hydrogens is 316 g/mol. The molecule has 130 valence electrons. The second-order valence-electron chi connectivity index (χ2n) is 6.71. The topological polar surface area (TPSA) is 70.6 Å². The number of benzene rings is 1. The van der Waals surface area contributed by atoms with Crippen molar-refractivity contribution in [3.63, 3.8) is 0 Å². The predicted octanol–water partition coefficient (Wildman–Crippen LogP) is 1.54. The van der Waals surface area contributed by atoms with Crippen LogP contribution in [0.4, 0.5) is 0 Å². The molecule has 0 bridgehead atoms. The smallest absolute Gasteiger partial charge is 0.239 e. The van der Waals surface area contributed by atoms with Gasteiger partial charge in [0.2, 0.25) is 5.91 Å². The van der Waals surface area contributed by atoms with Gasteiger partial charge in [0, 0.05) is 13.1 Å². The van der Waals surface area contributed by atoms with Crippen LogP contribution in [0.25, 0.3) is 0 Å². The fourth-order valence-corrected chi connectivity index (χ4v) is 2.38. The summed E-state index contributed by atoms with van der Waals surface area (Å²) >= 11 is 0. The maximum absolute atomic E-state index is 12.0. The molecule has 1 aromatic rings. The summed E-state index contributed by atoms with van der Waals surface area (Å²) < 4.78 is 5.25. The minimum absolute atomic E-state index is 0. The molecule has 1 heterocycles. The summed E-state index contributed by atoms with van der Waals surface area (Å²) in [7, 11) is 0. The van der Waals surface area contributed by atoms with Crippen molar-refractivity contribution in [2.45, 2.75) is 38.3 Å². The first-order valence-corrected chi connectivity index (χ1v) is 7.75. The zero-order valence-corrected chi connectivity index (χ0v) is 14.8. The lowest BCUT2D eigenvalue weighted by atomic mass is 9.86. The fraction of sp³-hybridized carbons (Fsp3) is 0.588. The van der Waals surface area contributed by atoms with E-state index < -0.39 is 6.10 Å². The van der Waals surface area contributed by atoms with Crippen molar-refractivity contribution < 1.29 is 14.6 Å². The molecule has 23 heavy (non-hydrogen) atoms. The molecule has 5 nitrogen and oxygen atoms in total. The van der Waals surface area contributed by atoms with E-state index in [0.717, 1.165) is 5.56 Å². The van der Waals surface area contributed by atoms with Gasteiger partial charge in [-0.25, -0.2) is 0 Å². The van der Waals surface area contributed by atoms with Gasteiger partial charge in [0.15, 0.2) is 0 Å². The quantitative estimate of drug-likeness (QED) is 0.776. The molecule has 1 fully saturated rings. The van der Waals surface area contributed by atoms with Crippen molar-refractivity contribution in [2.24, 2.45) is 0 Å². The molecule has 2 atom stereocenters. The number of nitrogens with one attached hydrogen (secondary N) is 2. The Kier molecular flexibility index (Phi) is 7.48. The Morgan fingerprint density at radius 2 is 2.04 bits per heavy atom. The van der Waals surface area contributed by atoms with Gasteiger partial charge in [-0.15, -0.1) is 12.4 Å². The molecular formula is C17H27ClN2O3. The first-order chi connectivity index (χ1) is 10.4. The molecule has 0 aromatic heterocycles. The van der Waals surface area contributed by atoms with Crippen molar-refractivity contribution in [1.29, 1.82) is 0 Å². The van der Waals surface area contributed by atoms with Gasteiger partial charge < -0.3 is 20.5 Å². The average molecular weight is 343 g/mol. The average Bonchev–Trinajstić information content (AvgIpc) is 2.52. The summed E-state index contributed by atoms with van der Waals surface area (Å²) in [5.74, 6) is -0.134. The Morgan fingerprint density at radius 1 is 1.39 bits per heavy atom. The summed E-state index contributed by atoms with van der Waals surface area (Å²) in [6.45, 7) is 8.34. The highest BCUT2D eigenvalue weighted by atomic mass is 35.5. The van der Waals surface area contributed by atoms with E-state index >= 15 is 0 Å². The molecule has 1 saturated heterocycles. The van der Waals surface area contributed by atoms with E-state index in [2.05, 4.69) is 31.4 Å². The molecule has 3 N–H and O–H groups in total. The fourth-order valence-electron chi connectivity index (χ4n) is 2.38. The number of carbonyl (C=O) groups excluding carboxylic acids is 1. The predicted molar refractivity (Wildman–Crippen MR) is 93.0 cm³/mol. The van der Waals surface area contributed by atoms with E-state index in [-0.39, 0.29) is 36.3 Å². The van der Waals surface area contributed by atoms with Crippen LogP contribution in [-0.4, -0.2) is 43.4 Å². The Labute approximate surface area is 144 Å². The number of aliphatic hydroxyl groups is 1. The van der Waals surface area contributed by atoms with Crippen molar-refractivity contribution in [1.82, 2.24) is 10.6 Å². The molecule has 0 radical (unpaired) electrons. The van der Waals surface area contributed by atoms with Crippen molar-refractivity contribution in [3.8, 4) is 0 Å². The molecule has 0 spiro atoms. The normalized spacial score (nSPS) is 19.6. The summed E-state index contributed by atoms with van der Waals surface area (Å²) in [5.41, 5.74) is 2.11. The van der Waals surface area contributed by atoms with Crippen LogP contribution in [0.15, 0.2) is 24.3 Å². The van der Waals surface area contributed by atoms with Crippen LogP contribution in [0.1, 0.15) is 38.0 Å². The van der Waals surface area contributed by atoms with Crippen LogP contribution in [-0.2, 0) is 14.9 Å². The van der Waals surface area contributed by atoms with Crippen LogP contribution >= 0.6 is 12.4 Å². The van der Waals surface area contributed by atoms with Crippen LogP contribution < -0.4 is 10.6 Å². The number of hydrogen-bond acceptors (Lipinski definition) is 4. The van der Waals surface area contributed by atoms with E-state index in [9.17, 15) is 9.90 Å². The number of halogens is 1. The van der Waals surface area contributed by atoms with Gasteiger partial charge in [0.1, 0.15) is 6.04 Å². The van der Waals surface area contributed by atoms with E-state index in [1.165, 1.54) is 5.56 Å². The third kappa shape index (κ3) is 5.77. The summed E-state index contributed by atoms with van der Waals surface area (Å²) in [6.07, 6.45) is -0.706. The molecule has 0 aliphatic carbocycles. The molecule has 0 saturated carbocycles. The van der Waals surface area contributed by atoms with Gasteiger partial charge >= 0.3 is 0 Å². The maximum atomic E-state index is 12.0. The number of aliphatic hydroxyl groups excluding tert-OH is 1. The Morgan fingerprint density at radius 3 is 2.57 bits per heavy atom. The first kappa shape index (κ1) is 19.9. The highest BCUT2D eigenvalue weighted by Gasteiger charge is 2.22. The summed E-state index contributed by atoms with van der Waals surface area (Å²) in [5, 5.41) is 16.0. The lowest BCUT2D eigenvalue weighted by Crippen LogP contribution is -2.51. The van der Waals surface area contributed by atoms with E-state index in [1.807, 2.05) is 24.3 Å². The van der Waals surface area contributed by atoms with Crippen molar-refractivity contribution in [2.75, 3.05) is 26.3 Å². The zero-order chi connectivity index (χ0) is 16.2. The van der Waals surface area contributed by atoms with Crippen molar-refractivity contribution >= 4 is 18.3 Å². The molecule has 1 aliphatic heterocycles. The molecule has 1 amide bonds. The van der Waals surface area contributed by atoms with E-state index in [0.29, 0.717) is 19.8 Å².